The van der Waals surface area contributed by atoms with Crippen LogP contribution in [0.5, 0.6) is 0 Å². The van der Waals surface area contributed by atoms with Crippen LogP contribution in [0.4, 0.5) is 0 Å². The zero-order chi connectivity index (χ0) is 13.0. The van der Waals surface area contributed by atoms with Crippen molar-refractivity contribution in [1.29, 1.82) is 0 Å². The lowest BCUT2D eigenvalue weighted by atomic mass is 10.00. The predicted molar refractivity (Wildman–Crippen MR) is 70.3 cm³/mol. The Kier molecular flexibility index (Phi) is 3.75. The summed E-state index contributed by atoms with van der Waals surface area (Å²) in [7, 11) is 1.67. The number of ether oxygens (including phenoxy) is 1. The predicted octanol–water partition coefficient (Wildman–Crippen LogP) is 2.52. The molecule has 0 aliphatic rings. The fourth-order valence-corrected chi connectivity index (χ4v) is 1.91. The Morgan fingerprint density at radius 2 is 1.56 bits per heavy atom. The van der Waals surface area contributed by atoms with Crippen molar-refractivity contribution >= 4 is 5.91 Å². The van der Waals surface area contributed by atoms with Gasteiger partial charge in [0.15, 0.2) is 0 Å². The number of carbonyl (C=O) groups excluding carboxylic acids is 1. The third kappa shape index (κ3) is 2.57. The van der Waals surface area contributed by atoms with Crippen LogP contribution in [0.2, 0.25) is 0 Å². The lowest BCUT2D eigenvalue weighted by Gasteiger charge is -2.16. The molecule has 0 heterocycles. The molecule has 0 aliphatic carbocycles. The molecule has 0 spiro atoms. The van der Waals surface area contributed by atoms with E-state index in [0.717, 1.165) is 11.1 Å². The van der Waals surface area contributed by atoms with E-state index in [0.29, 0.717) is 5.56 Å². The van der Waals surface area contributed by atoms with Crippen molar-refractivity contribution in [3.05, 3.63) is 71.3 Å². The summed E-state index contributed by atoms with van der Waals surface area (Å²) in [5, 5.41) is 0. The van der Waals surface area contributed by atoms with Gasteiger partial charge in [0.2, 0.25) is 5.91 Å². The van der Waals surface area contributed by atoms with Crippen LogP contribution in [0.25, 0.3) is 0 Å². The first-order chi connectivity index (χ1) is 8.72. The quantitative estimate of drug-likeness (QED) is 0.894. The van der Waals surface area contributed by atoms with E-state index in [1.807, 2.05) is 42.5 Å². The first-order valence-electron chi connectivity index (χ1n) is 5.70. The van der Waals surface area contributed by atoms with E-state index >= 15 is 0 Å². The minimum Gasteiger partial charge on any atom is -0.372 e. The second-order valence-corrected chi connectivity index (χ2v) is 4.01. The number of benzene rings is 2. The Labute approximate surface area is 106 Å². The van der Waals surface area contributed by atoms with Crippen LogP contribution in [0.1, 0.15) is 27.6 Å². The first-order valence-corrected chi connectivity index (χ1v) is 5.70. The largest absolute Gasteiger partial charge is 0.372 e. The van der Waals surface area contributed by atoms with Gasteiger partial charge < -0.3 is 10.5 Å². The van der Waals surface area contributed by atoms with Crippen molar-refractivity contribution in [2.24, 2.45) is 5.73 Å². The fourth-order valence-electron chi connectivity index (χ4n) is 1.91. The van der Waals surface area contributed by atoms with Crippen molar-refractivity contribution in [1.82, 2.24) is 0 Å². The molecule has 0 saturated carbocycles. The molecule has 1 amide bonds. The molecule has 2 N–H and O–H groups in total. The highest BCUT2D eigenvalue weighted by Crippen LogP contribution is 2.25. The topological polar surface area (TPSA) is 52.3 Å². The van der Waals surface area contributed by atoms with Crippen LogP contribution < -0.4 is 5.73 Å². The van der Waals surface area contributed by atoms with Crippen molar-refractivity contribution < 1.29 is 9.53 Å². The number of hydrogen-bond donors (Lipinski definition) is 1. The van der Waals surface area contributed by atoms with Crippen LogP contribution in [-0.4, -0.2) is 13.0 Å². The van der Waals surface area contributed by atoms with Crippen molar-refractivity contribution in [2.45, 2.75) is 6.10 Å². The van der Waals surface area contributed by atoms with Gasteiger partial charge in [0.1, 0.15) is 6.10 Å². The smallest absolute Gasteiger partial charge is 0.248 e. The molecule has 2 rings (SSSR count). The molecule has 1 atom stereocenters. The minimum atomic E-state index is -0.421. The van der Waals surface area contributed by atoms with E-state index in [2.05, 4.69) is 0 Å². The van der Waals surface area contributed by atoms with Gasteiger partial charge in [-0.3, -0.25) is 4.79 Å². The molecular formula is C15H15NO2. The third-order valence-corrected chi connectivity index (χ3v) is 2.84. The van der Waals surface area contributed by atoms with Gasteiger partial charge in [-0.25, -0.2) is 0 Å². The number of carbonyl (C=O) groups is 1. The number of primary amides is 1. The molecule has 2 aromatic rings. The molecule has 0 fully saturated rings. The molecule has 3 nitrogen and oxygen atoms in total. The highest BCUT2D eigenvalue weighted by atomic mass is 16.5. The summed E-state index contributed by atoms with van der Waals surface area (Å²) in [6, 6.07) is 17.1. The van der Waals surface area contributed by atoms with E-state index < -0.39 is 5.91 Å². The second-order valence-electron chi connectivity index (χ2n) is 4.01. The van der Waals surface area contributed by atoms with E-state index in [1.54, 1.807) is 19.2 Å². The lowest BCUT2D eigenvalue weighted by molar-refractivity contribution is 0.1000. The molecule has 0 aliphatic heterocycles. The summed E-state index contributed by atoms with van der Waals surface area (Å²) in [6.45, 7) is 0. The van der Waals surface area contributed by atoms with Crippen LogP contribution >= 0.6 is 0 Å². The van der Waals surface area contributed by atoms with Crippen LogP contribution in [-0.2, 0) is 4.74 Å². The maximum absolute atomic E-state index is 11.0. The lowest BCUT2D eigenvalue weighted by Crippen LogP contribution is -2.11. The van der Waals surface area contributed by atoms with E-state index in [4.69, 9.17) is 10.5 Å². The standard InChI is InChI=1S/C15H15NO2/c1-18-14(11-5-3-2-4-6-11)12-7-9-13(10-8-12)15(16)17/h2-10,14H,1H3,(H2,16,17). The van der Waals surface area contributed by atoms with Gasteiger partial charge in [0, 0.05) is 12.7 Å². The van der Waals surface area contributed by atoms with Gasteiger partial charge in [-0.1, -0.05) is 42.5 Å². The average Bonchev–Trinajstić information content (AvgIpc) is 2.41. The van der Waals surface area contributed by atoms with E-state index in [1.165, 1.54) is 0 Å². The number of methoxy groups -OCH3 is 1. The Bertz CT molecular complexity index is 520. The van der Waals surface area contributed by atoms with Crippen LogP contribution in [0.3, 0.4) is 0 Å². The molecule has 0 saturated heterocycles. The van der Waals surface area contributed by atoms with Gasteiger partial charge in [-0.15, -0.1) is 0 Å². The molecule has 18 heavy (non-hydrogen) atoms. The number of hydrogen-bond acceptors (Lipinski definition) is 2. The van der Waals surface area contributed by atoms with Gasteiger partial charge in [0.05, 0.1) is 0 Å². The maximum Gasteiger partial charge on any atom is 0.248 e. The Balaban J connectivity index is 2.31. The monoisotopic (exact) mass is 241 g/mol. The number of amides is 1. The summed E-state index contributed by atoms with van der Waals surface area (Å²) < 4.78 is 5.51. The highest BCUT2D eigenvalue weighted by molar-refractivity contribution is 5.92. The normalized spacial score (nSPS) is 12.1. The molecule has 92 valence electrons. The molecule has 2 aromatic carbocycles. The number of nitrogens with two attached hydrogens (primary N) is 1. The molecule has 0 radical (unpaired) electrons. The summed E-state index contributed by atoms with van der Waals surface area (Å²) in [6.07, 6.45) is -0.131. The maximum atomic E-state index is 11.0. The summed E-state index contributed by atoms with van der Waals surface area (Å²) in [5.41, 5.74) is 7.78. The van der Waals surface area contributed by atoms with Crippen molar-refractivity contribution in [3.63, 3.8) is 0 Å². The van der Waals surface area contributed by atoms with Crippen LogP contribution in [0.15, 0.2) is 54.6 Å². The zero-order valence-electron chi connectivity index (χ0n) is 10.2. The van der Waals surface area contributed by atoms with Gasteiger partial charge in [-0.05, 0) is 23.3 Å². The van der Waals surface area contributed by atoms with Crippen LogP contribution in [0, 0.1) is 0 Å². The molecule has 0 bridgehead atoms. The average molecular weight is 241 g/mol. The minimum absolute atomic E-state index is 0.131. The van der Waals surface area contributed by atoms with Gasteiger partial charge in [0.25, 0.3) is 0 Å². The molecule has 0 aromatic heterocycles. The summed E-state index contributed by atoms with van der Waals surface area (Å²) in [5.74, 6) is -0.421. The highest BCUT2D eigenvalue weighted by Gasteiger charge is 2.13. The van der Waals surface area contributed by atoms with Crippen molar-refractivity contribution in [3.8, 4) is 0 Å². The Hall–Kier alpha value is -2.13. The van der Waals surface area contributed by atoms with Gasteiger partial charge >= 0.3 is 0 Å². The number of rotatable bonds is 4. The van der Waals surface area contributed by atoms with E-state index in [9.17, 15) is 4.79 Å². The summed E-state index contributed by atoms with van der Waals surface area (Å²) >= 11 is 0. The van der Waals surface area contributed by atoms with E-state index in [-0.39, 0.29) is 6.10 Å². The molecule has 1 unspecified atom stereocenters. The molecular weight excluding hydrogens is 226 g/mol. The van der Waals surface area contributed by atoms with Gasteiger partial charge in [-0.2, -0.15) is 0 Å². The SMILES string of the molecule is COC(c1ccccc1)c1ccc(C(N)=O)cc1. The fraction of sp³-hybridized carbons (Fsp3) is 0.133. The van der Waals surface area contributed by atoms with Crippen molar-refractivity contribution in [2.75, 3.05) is 7.11 Å². The second kappa shape index (κ2) is 5.47. The first kappa shape index (κ1) is 12.3. The summed E-state index contributed by atoms with van der Waals surface area (Å²) in [4.78, 5) is 11.0. The zero-order valence-corrected chi connectivity index (χ0v) is 10.2. The molecule has 3 heteroatoms. The Morgan fingerprint density at radius 3 is 2.06 bits per heavy atom. The third-order valence-electron chi connectivity index (χ3n) is 2.84. The Morgan fingerprint density at radius 1 is 1.00 bits per heavy atom.